The maximum Gasteiger partial charge on any atom is 0.268 e. The number of ether oxygens (including phenoxy) is 1. The quantitative estimate of drug-likeness (QED) is 0.878. The van der Waals surface area contributed by atoms with Crippen molar-refractivity contribution in [2.45, 2.75) is 25.9 Å². The van der Waals surface area contributed by atoms with E-state index in [9.17, 15) is 9.59 Å². The summed E-state index contributed by atoms with van der Waals surface area (Å²) >= 11 is 0. The fraction of sp³-hybridized carbons (Fsp3) is 0.579. The van der Waals surface area contributed by atoms with E-state index in [0.717, 1.165) is 39.0 Å². The van der Waals surface area contributed by atoms with Crippen molar-refractivity contribution in [2.75, 3.05) is 37.6 Å². The van der Waals surface area contributed by atoms with Crippen molar-refractivity contribution < 1.29 is 14.3 Å². The molecule has 0 saturated carbocycles. The van der Waals surface area contributed by atoms with Gasteiger partial charge in [-0.3, -0.25) is 14.5 Å². The van der Waals surface area contributed by atoms with Gasteiger partial charge in [0.2, 0.25) is 5.91 Å². The fourth-order valence-corrected chi connectivity index (χ4v) is 4.22. The molecule has 2 fully saturated rings. The lowest BCUT2D eigenvalue weighted by molar-refractivity contribution is -0.133. The molecule has 2 amide bonds. The van der Waals surface area contributed by atoms with Crippen LogP contribution in [0.15, 0.2) is 24.3 Å². The van der Waals surface area contributed by atoms with Gasteiger partial charge in [-0.2, -0.15) is 0 Å². The summed E-state index contributed by atoms with van der Waals surface area (Å²) in [6.07, 6.45) is 1.54. The number of para-hydroxylation sites is 2. The second-order valence-electron chi connectivity index (χ2n) is 7.29. The van der Waals surface area contributed by atoms with E-state index in [-0.39, 0.29) is 18.4 Å². The second-order valence-corrected chi connectivity index (χ2v) is 7.29. The Labute approximate surface area is 148 Å². The van der Waals surface area contributed by atoms with Crippen LogP contribution in [0.4, 0.5) is 5.69 Å². The van der Waals surface area contributed by atoms with E-state index >= 15 is 0 Å². The molecule has 6 nitrogen and oxygen atoms in total. The van der Waals surface area contributed by atoms with Crippen molar-refractivity contribution in [2.24, 2.45) is 11.8 Å². The minimum atomic E-state index is -0.558. The lowest BCUT2D eigenvalue weighted by Gasteiger charge is -2.34. The summed E-state index contributed by atoms with van der Waals surface area (Å²) in [4.78, 5) is 29.0. The van der Waals surface area contributed by atoms with Crippen molar-refractivity contribution in [3.63, 3.8) is 0 Å². The van der Waals surface area contributed by atoms with E-state index < -0.39 is 6.10 Å². The van der Waals surface area contributed by atoms with Crippen LogP contribution in [0.3, 0.4) is 0 Å². The number of nitrogens with zero attached hydrogens (tertiary/aromatic N) is 2. The van der Waals surface area contributed by atoms with Gasteiger partial charge in [-0.15, -0.1) is 0 Å². The minimum Gasteiger partial charge on any atom is -0.479 e. The number of hydrogen-bond acceptors (Lipinski definition) is 4. The number of benzene rings is 1. The number of carbonyl (C=O) groups is 2. The highest BCUT2D eigenvalue weighted by atomic mass is 16.5. The SMILES string of the molecule is CC1Oc2ccccc2N(CC(=O)N2CC[C@@H]3CNC[C@@H]3CC2)C1=O. The predicted octanol–water partition coefficient (Wildman–Crippen LogP) is 1.26. The Balaban J connectivity index is 1.47. The Kier molecular flexibility index (Phi) is 4.37. The first-order chi connectivity index (χ1) is 12.1. The molecule has 3 aliphatic heterocycles. The Morgan fingerprint density at radius 1 is 1.20 bits per heavy atom. The van der Waals surface area contributed by atoms with Gasteiger partial charge in [-0.05, 0) is 56.8 Å². The normalized spacial score (nSPS) is 28.8. The third-order valence-corrected chi connectivity index (χ3v) is 5.74. The van der Waals surface area contributed by atoms with Crippen molar-refractivity contribution in [1.82, 2.24) is 10.2 Å². The van der Waals surface area contributed by atoms with Crippen molar-refractivity contribution in [3.8, 4) is 5.75 Å². The highest BCUT2D eigenvalue weighted by molar-refractivity contribution is 6.03. The Morgan fingerprint density at radius 2 is 1.88 bits per heavy atom. The minimum absolute atomic E-state index is 0.0326. The summed E-state index contributed by atoms with van der Waals surface area (Å²) in [7, 11) is 0. The second kappa shape index (κ2) is 6.67. The zero-order chi connectivity index (χ0) is 17.4. The smallest absolute Gasteiger partial charge is 0.268 e. The zero-order valence-electron chi connectivity index (χ0n) is 14.6. The summed E-state index contributed by atoms with van der Waals surface area (Å²) in [6, 6.07) is 7.42. The number of fused-ring (bicyclic) bond motifs is 2. The average Bonchev–Trinajstić information content (AvgIpc) is 2.97. The third-order valence-electron chi connectivity index (χ3n) is 5.74. The first-order valence-electron chi connectivity index (χ1n) is 9.19. The van der Waals surface area contributed by atoms with Crippen molar-refractivity contribution in [1.29, 1.82) is 0 Å². The van der Waals surface area contributed by atoms with Gasteiger partial charge in [0.1, 0.15) is 12.3 Å². The molecule has 3 atom stereocenters. The van der Waals surface area contributed by atoms with Gasteiger partial charge >= 0.3 is 0 Å². The van der Waals surface area contributed by atoms with E-state index in [0.29, 0.717) is 23.3 Å². The molecule has 1 aromatic rings. The van der Waals surface area contributed by atoms with E-state index in [2.05, 4.69) is 5.32 Å². The molecule has 25 heavy (non-hydrogen) atoms. The topological polar surface area (TPSA) is 61.9 Å². The van der Waals surface area contributed by atoms with Crippen LogP contribution in [0.1, 0.15) is 19.8 Å². The van der Waals surface area contributed by atoms with Crippen LogP contribution in [-0.2, 0) is 9.59 Å². The number of rotatable bonds is 2. The standard InChI is InChI=1S/C19H25N3O3/c1-13-19(24)22(16-4-2-3-5-17(16)25-13)12-18(23)21-8-6-14-10-20-11-15(14)7-9-21/h2-5,13-15,20H,6-12H2,1H3/t13?,14-,15+. The first kappa shape index (κ1) is 16.4. The molecule has 134 valence electrons. The van der Waals surface area contributed by atoms with Crippen molar-refractivity contribution >= 4 is 17.5 Å². The third kappa shape index (κ3) is 3.11. The molecule has 4 rings (SSSR count). The lowest BCUT2D eigenvalue weighted by atomic mass is 9.92. The van der Waals surface area contributed by atoms with E-state index in [1.807, 2.05) is 29.2 Å². The van der Waals surface area contributed by atoms with Gasteiger partial charge in [0.15, 0.2) is 6.10 Å². The Morgan fingerprint density at radius 3 is 2.60 bits per heavy atom. The van der Waals surface area contributed by atoms with Gasteiger partial charge in [0, 0.05) is 13.1 Å². The van der Waals surface area contributed by atoms with Crippen LogP contribution < -0.4 is 15.0 Å². The highest BCUT2D eigenvalue weighted by Gasteiger charge is 2.35. The summed E-state index contributed by atoms with van der Waals surface area (Å²) in [6.45, 7) is 5.54. The highest BCUT2D eigenvalue weighted by Crippen LogP contribution is 2.34. The van der Waals surface area contributed by atoms with E-state index in [4.69, 9.17) is 4.74 Å². The number of carbonyl (C=O) groups excluding carboxylic acids is 2. The summed E-state index contributed by atoms with van der Waals surface area (Å²) < 4.78 is 5.65. The molecule has 3 heterocycles. The number of nitrogens with one attached hydrogen (secondary N) is 1. The Bertz CT molecular complexity index is 664. The van der Waals surface area contributed by atoms with Crippen LogP contribution in [0.2, 0.25) is 0 Å². The van der Waals surface area contributed by atoms with Crippen LogP contribution in [0.5, 0.6) is 5.75 Å². The summed E-state index contributed by atoms with van der Waals surface area (Å²) in [5.74, 6) is 1.92. The fourth-order valence-electron chi connectivity index (χ4n) is 4.22. The number of likely N-dealkylation sites (tertiary alicyclic amines) is 1. The molecule has 1 unspecified atom stereocenters. The number of anilines is 1. The molecule has 0 radical (unpaired) electrons. The molecular formula is C19H25N3O3. The molecule has 0 bridgehead atoms. The molecule has 0 spiro atoms. The maximum absolute atomic E-state index is 12.9. The first-order valence-corrected chi connectivity index (χ1v) is 9.19. The molecule has 1 N–H and O–H groups in total. The number of amides is 2. The van der Waals surface area contributed by atoms with Crippen molar-refractivity contribution in [3.05, 3.63) is 24.3 Å². The molecular weight excluding hydrogens is 318 g/mol. The summed E-state index contributed by atoms with van der Waals surface area (Å²) in [5.41, 5.74) is 0.690. The zero-order valence-corrected chi connectivity index (χ0v) is 14.6. The van der Waals surface area contributed by atoms with Gasteiger partial charge in [0.25, 0.3) is 5.91 Å². The molecule has 0 aromatic heterocycles. The molecule has 3 aliphatic rings. The molecule has 6 heteroatoms. The monoisotopic (exact) mass is 343 g/mol. The largest absolute Gasteiger partial charge is 0.479 e. The van der Waals surface area contributed by atoms with Gasteiger partial charge in [-0.25, -0.2) is 0 Å². The summed E-state index contributed by atoms with van der Waals surface area (Å²) in [5, 5.41) is 3.45. The van der Waals surface area contributed by atoms with Crippen LogP contribution in [-0.4, -0.2) is 55.5 Å². The average molecular weight is 343 g/mol. The van der Waals surface area contributed by atoms with Crippen LogP contribution in [0, 0.1) is 11.8 Å². The predicted molar refractivity (Wildman–Crippen MR) is 94.5 cm³/mol. The van der Waals surface area contributed by atoms with Crippen LogP contribution in [0.25, 0.3) is 0 Å². The van der Waals surface area contributed by atoms with Crippen LogP contribution >= 0.6 is 0 Å². The Hall–Kier alpha value is -2.08. The number of hydrogen-bond donors (Lipinski definition) is 1. The van der Waals surface area contributed by atoms with E-state index in [1.54, 1.807) is 11.8 Å². The molecule has 2 saturated heterocycles. The van der Waals surface area contributed by atoms with Gasteiger partial charge < -0.3 is 15.0 Å². The maximum atomic E-state index is 12.9. The van der Waals surface area contributed by atoms with Gasteiger partial charge in [-0.1, -0.05) is 12.1 Å². The van der Waals surface area contributed by atoms with Gasteiger partial charge in [0.05, 0.1) is 5.69 Å². The molecule has 0 aliphatic carbocycles. The lowest BCUT2D eigenvalue weighted by Crippen LogP contribution is -2.49. The molecule has 1 aromatic carbocycles. The van der Waals surface area contributed by atoms with E-state index in [1.165, 1.54) is 0 Å².